The number of halogens is 1. The first kappa shape index (κ1) is 14.8. The maximum absolute atomic E-state index is 5.97. The van der Waals surface area contributed by atoms with Crippen molar-refractivity contribution < 1.29 is 0 Å². The van der Waals surface area contributed by atoms with Gasteiger partial charge in [-0.1, -0.05) is 30.7 Å². The third kappa shape index (κ3) is 4.20. The van der Waals surface area contributed by atoms with Gasteiger partial charge in [0.25, 0.3) is 0 Å². The number of hydrogen-bond acceptors (Lipinski definition) is 2. The monoisotopic (exact) mass is 280 g/mol. The highest BCUT2D eigenvalue weighted by Crippen LogP contribution is 2.26. The summed E-state index contributed by atoms with van der Waals surface area (Å²) in [5.41, 5.74) is 1.38. The molecule has 1 heterocycles. The number of nitrogens with one attached hydrogen (secondary N) is 1. The minimum Gasteiger partial charge on any atom is -0.317 e. The summed E-state index contributed by atoms with van der Waals surface area (Å²) < 4.78 is 0. The molecule has 19 heavy (non-hydrogen) atoms. The van der Waals surface area contributed by atoms with E-state index >= 15 is 0 Å². The molecule has 1 aromatic rings. The minimum absolute atomic E-state index is 0.507. The van der Waals surface area contributed by atoms with Crippen molar-refractivity contribution in [2.75, 3.05) is 26.7 Å². The molecule has 1 N–H and O–H groups in total. The summed E-state index contributed by atoms with van der Waals surface area (Å²) in [6.45, 7) is 5.81. The lowest BCUT2D eigenvalue weighted by atomic mass is 9.95. The molecule has 1 unspecified atom stereocenters. The molecule has 0 aromatic heterocycles. The van der Waals surface area contributed by atoms with Gasteiger partial charge in [0, 0.05) is 17.6 Å². The topological polar surface area (TPSA) is 15.3 Å². The average molecular weight is 281 g/mol. The molecule has 1 aliphatic rings. The molecular formula is C16H25ClN2. The zero-order chi connectivity index (χ0) is 13.7. The molecule has 2 rings (SSSR count). The van der Waals surface area contributed by atoms with Crippen LogP contribution in [0.4, 0.5) is 0 Å². The number of nitrogens with zero attached hydrogens (tertiary/aromatic N) is 1. The first-order valence-electron chi connectivity index (χ1n) is 7.37. The molecule has 1 atom stereocenters. The Hall–Kier alpha value is -0.570. The Balaban J connectivity index is 1.97. The Morgan fingerprint density at radius 1 is 1.26 bits per heavy atom. The van der Waals surface area contributed by atoms with Crippen molar-refractivity contribution in [3.8, 4) is 0 Å². The molecule has 0 spiro atoms. The molecule has 0 radical (unpaired) electrons. The molecule has 2 nitrogen and oxygen atoms in total. The summed E-state index contributed by atoms with van der Waals surface area (Å²) in [6, 6.07) is 8.83. The molecule has 1 saturated heterocycles. The Kier molecular flexibility index (Phi) is 5.68. The second-order valence-corrected chi connectivity index (χ2v) is 6.04. The molecule has 3 heteroatoms. The van der Waals surface area contributed by atoms with Crippen LogP contribution < -0.4 is 5.32 Å². The van der Waals surface area contributed by atoms with E-state index in [2.05, 4.69) is 36.3 Å². The van der Waals surface area contributed by atoms with E-state index in [1.165, 1.54) is 38.0 Å². The van der Waals surface area contributed by atoms with Gasteiger partial charge in [-0.25, -0.2) is 0 Å². The van der Waals surface area contributed by atoms with E-state index in [1.807, 2.05) is 12.1 Å². The van der Waals surface area contributed by atoms with Crippen LogP contribution in [0.25, 0.3) is 0 Å². The van der Waals surface area contributed by atoms with Gasteiger partial charge in [-0.3, -0.25) is 4.90 Å². The van der Waals surface area contributed by atoms with Crippen LogP contribution in [0.15, 0.2) is 24.3 Å². The summed E-state index contributed by atoms with van der Waals surface area (Å²) in [7, 11) is 2.25. The van der Waals surface area contributed by atoms with Crippen molar-refractivity contribution in [1.82, 2.24) is 10.2 Å². The Bertz CT molecular complexity index is 371. The van der Waals surface area contributed by atoms with Crippen LogP contribution in [0, 0.1) is 5.92 Å². The van der Waals surface area contributed by atoms with Crippen LogP contribution in [0.3, 0.4) is 0 Å². The quantitative estimate of drug-likeness (QED) is 0.884. The second-order valence-electron chi connectivity index (χ2n) is 5.61. The third-order valence-electron chi connectivity index (χ3n) is 4.18. The Labute approximate surface area is 122 Å². The van der Waals surface area contributed by atoms with Crippen molar-refractivity contribution in [2.24, 2.45) is 5.92 Å². The Morgan fingerprint density at radius 3 is 2.47 bits per heavy atom. The predicted octanol–water partition coefficient (Wildman–Crippen LogP) is 3.72. The summed E-state index contributed by atoms with van der Waals surface area (Å²) in [6.07, 6.45) is 3.76. The maximum atomic E-state index is 5.97. The average Bonchev–Trinajstić information content (AvgIpc) is 2.43. The van der Waals surface area contributed by atoms with Crippen molar-refractivity contribution in [1.29, 1.82) is 0 Å². The van der Waals surface area contributed by atoms with Crippen LogP contribution >= 0.6 is 11.6 Å². The van der Waals surface area contributed by atoms with E-state index in [4.69, 9.17) is 11.6 Å². The van der Waals surface area contributed by atoms with E-state index in [-0.39, 0.29) is 0 Å². The summed E-state index contributed by atoms with van der Waals surface area (Å²) in [5.74, 6) is 0.840. The molecular weight excluding hydrogens is 256 g/mol. The van der Waals surface area contributed by atoms with E-state index < -0.39 is 0 Å². The summed E-state index contributed by atoms with van der Waals surface area (Å²) >= 11 is 5.97. The lowest BCUT2D eigenvalue weighted by Crippen LogP contribution is -2.36. The van der Waals surface area contributed by atoms with Crippen LogP contribution in [0.2, 0.25) is 5.02 Å². The standard InChI is InChI=1S/C16H25ClN2/c1-3-16(14-4-6-15(17)7-5-14)19(2)12-13-8-10-18-11-9-13/h4-7,13,16,18H,3,8-12H2,1-2H3. The minimum atomic E-state index is 0.507. The lowest BCUT2D eigenvalue weighted by Gasteiger charge is -2.33. The normalized spacial score (nSPS) is 18.7. The van der Waals surface area contributed by atoms with Crippen molar-refractivity contribution >= 4 is 11.6 Å². The fraction of sp³-hybridized carbons (Fsp3) is 0.625. The molecule has 1 aliphatic heterocycles. The highest BCUT2D eigenvalue weighted by atomic mass is 35.5. The predicted molar refractivity (Wildman–Crippen MR) is 82.7 cm³/mol. The lowest BCUT2D eigenvalue weighted by molar-refractivity contribution is 0.182. The van der Waals surface area contributed by atoms with E-state index in [9.17, 15) is 0 Å². The number of piperidine rings is 1. The van der Waals surface area contributed by atoms with Crippen LogP contribution in [-0.2, 0) is 0 Å². The van der Waals surface area contributed by atoms with Gasteiger partial charge in [-0.2, -0.15) is 0 Å². The molecule has 0 amide bonds. The molecule has 106 valence electrons. The molecule has 0 saturated carbocycles. The fourth-order valence-electron chi connectivity index (χ4n) is 3.09. The van der Waals surface area contributed by atoms with E-state index in [1.54, 1.807) is 0 Å². The number of hydrogen-bond donors (Lipinski definition) is 1. The third-order valence-corrected chi connectivity index (χ3v) is 4.43. The number of rotatable bonds is 5. The van der Waals surface area contributed by atoms with Gasteiger partial charge in [-0.15, -0.1) is 0 Å². The van der Waals surface area contributed by atoms with Gasteiger partial charge in [0.15, 0.2) is 0 Å². The van der Waals surface area contributed by atoms with Crippen LogP contribution in [0.1, 0.15) is 37.8 Å². The first-order valence-corrected chi connectivity index (χ1v) is 7.75. The Morgan fingerprint density at radius 2 is 1.89 bits per heavy atom. The van der Waals surface area contributed by atoms with Gasteiger partial charge in [-0.05, 0) is 63.0 Å². The smallest absolute Gasteiger partial charge is 0.0406 e. The summed E-state index contributed by atoms with van der Waals surface area (Å²) in [4.78, 5) is 2.51. The van der Waals surface area contributed by atoms with Crippen molar-refractivity contribution in [3.63, 3.8) is 0 Å². The number of benzene rings is 1. The highest BCUT2D eigenvalue weighted by Gasteiger charge is 2.20. The van der Waals surface area contributed by atoms with Gasteiger partial charge in [0.2, 0.25) is 0 Å². The molecule has 0 bridgehead atoms. The van der Waals surface area contributed by atoms with Gasteiger partial charge in [0.05, 0.1) is 0 Å². The SMILES string of the molecule is CCC(c1ccc(Cl)cc1)N(C)CC1CCNCC1. The highest BCUT2D eigenvalue weighted by molar-refractivity contribution is 6.30. The van der Waals surface area contributed by atoms with Gasteiger partial charge in [0.1, 0.15) is 0 Å². The van der Waals surface area contributed by atoms with E-state index in [0.29, 0.717) is 6.04 Å². The van der Waals surface area contributed by atoms with Crippen LogP contribution in [-0.4, -0.2) is 31.6 Å². The van der Waals surface area contributed by atoms with Crippen LogP contribution in [0.5, 0.6) is 0 Å². The van der Waals surface area contributed by atoms with E-state index in [0.717, 1.165) is 17.4 Å². The first-order chi connectivity index (χ1) is 9.20. The fourth-order valence-corrected chi connectivity index (χ4v) is 3.21. The second kappa shape index (κ2) is 7.28. The van der Waals surface area contributed by atoms with Crippen molar-refractivity contribution in [3.05, 3.63) is 34.9 Å². The zero-order valence-electron chi connectivity index (χ0n) is 12.0. The maximum Gasteiger partial charge on any atom is 0.0406 e. The summed E-state index contributed by atoms with van der Waals surface area (Å²) in [5, 5.41) is 4.25. The molecule has 0 aliphatic carbocycles. The molecule has 1 aromatic carbocycles. The zero-order valence-corrected chi connectivity index (χ0v) is 12.8. The van der Waals surface area contributed by atoms with Crippen molar-refractivity contribution in [2.45, 2.75) is 32.2 Å². The van der Waals surface area contributed by atoms with Gasteiger partial charge < -0.3 is 5.32 Å². The van der Waals surface area contributed by atoms with Gasteiger partial charge >= 0.3 is 0 Å². The molecule has 1 fully saturated rings. The largest absolute Gasteiger partial charge is 0.317 e.